The van der Waals surface area contributed by atoms with Crippen LogP contribution < -0.4 is 0 Å². The Balaban J connectivity index is 1.31. The van der Waals surface area contributed by atoms with Crippen LogP contribution in [0.5, 0.6) is 0 Å². The summed E-state index contributed by atoms with van der Waals surface area (Å²) in [6, 6.07) is 0.341. The van der Waals surface area contributed by atoms with Gasteiger partial charge in [0, 0.05) is 31.5 Å². The molecule has 4 saturated carbocycles. The van der Waals surface area contributed by atoms with Crippen LogP contribution in [0.2, 0.25) is 0 Å². The Bertz CT molecular complexity index is 751. The van der Waals surface area contributed by atoms with Crippen molar-refractivity contribution in [3.05, 3.63) is 0 Å². The van der Waals surface area contributed by atoms with Crippen molar-refractivity contribution in [1.29, 1.82) is 0 Å². The second-order valence-corrected chi connectivity index (χ2v) is 13.2. The first-order valence-corrected chi connectivity index (χ1v) is 13.4. The maximum atomic E-state index is 13.2. The van der Waals surface area contributed by atoms with Crippen LogP contribution >= 0.6 is 0 Å². The van der Waals surface area contributed by atoms with Crippen LogP contribution in [-0.2, 0) is 4.79 Å². The molecule has 4 nitrogen and oxygen atoms in total. The van der Waals surface area contributed by atoms with Gasteiger partial charge in [0.1, 0.15) is 5.78 Å². The lowest BCUT2D eigenvalue weighted by Gasteiger charge is -2.59. The Kier molecular flexibility index (Phi) is 4.78. The number of hydrogen-bond acceptors (Lipinski definition) is 4. The van der Waals surface area contributed by atoms with Gasteiger partial charge in [-0.05, 0) is 105 Å². The van der Waals surface area contributed by atoms with Gasteiger partial charge in [-0.15, -0.1) is 0 Å². The van der Waals surface area contributed by atoms with Crippen LogP contribution in [-0.4, -0.2) is 51.7 Å². The van der Waals surface area contributed by atoms with Gasteiger partial charge in [0.25, 0.3) is 0 Å². The number of ketones is 1. The first-order chi connectivity index (χ1) is 14.7. The van der Waals surface area contributed by atoms with Crippen molar-refractivity contribution in [2.24, 2.45) is 52.8 Å². The first-order valence-electron chi connectivity index (χ1n) is 13.4. The van der Waals surface area contributed by atoms with Crippen molar-refractivity contribution < 1.29 is 15.0 Å². The quantitative estimate of drug-likeness (QED) is 0.613. The summed E-state index contributed by atoms with van der Waals surface area (Å²) in [7, 11) is 0. The summed E-state index contributed by atoms with van der Waals surface area (Å²) >= 11 is 0. The molecule has 0 spiro atoms. The Morgan fingerprint density at radius 1 is 0.903 bits per heavy atom. The zero-order valence-corrected chi connectivity index (χ0v) is 19.8. The fourth-order valence-corrected chi connectivity index (χ4v) is 10.4. The third-order valence-corrected chi connectivity index (χ3v) is 11.8. The standard InChI is InChI=1S/C27H43NO3/c1-15-4-7-25-27(3,31)21-6-5-17-18(20(21)14-28(25)13-15)11-22-19(17)12-24(30)23-10-16(29)8-9-26(22,23)2/h15-23,25,29,31H,4-14H2,1-3H3/t15-,16-,17?,18?,19-,20-,21?,22?,23?,25?,26+,27+/m0/s1. The maximum Gasteiger partial charge on any atom is 0.136 e. The molecule has 12 atom stereocenters. The number of hydrogen-bond donors (Lipinski definition) is 2. The molecule has 6 unspecified atom stereocenters. The second-order valence-electron chi connectivity index (χ2n) is 13.2. The highest BCUT2D eigenvalue weighted by Gasteiger charge is 2.64. The van der Waals surface area contributed by atoms with Crippen molar-refractivity contribution in [3.63, 3.8) is 0 Å². The van der Waals surface area contributed by atoms with Gasteiger partial charge in [0.2, 0.25) is 0 Å². The van der Waals surface area contributed by atoms with Crippen LogP contribution in [0.3, 0.4) is 0 Å². The summed E-state index contributed by atoms with van der Waals surface area (Å²) in [4.78, 5) is 15.9. The number of carbonyl (C=O) groups excluding carboxylic acids is 1. The largest absolute Gasteiger partial charge is 0.393 e. The predicted octanol–water partition coefficient (Wildman–Crippen LogP) is 3.89. The lowest BCUT2D eigenvalue weighted by Crippen LogP contribution is -2.67. The van der Waals surface area contributed by atoms with Crippen molar-refractivity contribution in [2.75, 3.05) is 13.1 Å². The molecule has 0 amide bonds. The minimum Gasteiger partial charge on any atom is -0.393 e. The smallest absolute Gasteiger partial charge is 0.136 e. The average Bonchev–Trinajstić information content (AvgIpc) is 3.09. The molecule has 0 bridgehead atoms. The molecule has 4 heteroatoms. The number of carbonyl (C=O) groups is 1. The summed E-state index contributed by atoms with van der Waals surface area (Å²) in [6.45, 7) is 9.23. The molecule has 2 saturated heterocycles. The summed E-state index contributed by atoms with van der Waals surface area (Å²) in [6.07, 6.45) is 9.08. The van der Waals surface area contributed by atoms with E-state index in [1.165, 1.54) is 25.8 Å². The third kappa shape index (κ3) is 2.93. The zero-order chi connectivity index (χ0) is 21.7. The fraction of sp³-hybridized carbons (Fsp3) is 0.963. The molecule has 6 aliphatic rings. The molecule has 6 fully saturated rings. The molecule has 6 rings (SSSR count). The van der Waals surface area contributed by atoms with E-state index in [1.54, 1.807) is 0 Å². The second kappa shape index (κ2) is 7.03. The molecule has 0 radical (unpaired) electrons. The maximum absolute atomic E-state index is 13.2. The highest BCUT2D eigenvalue weighted by atomic mass is 16.3. The normalized spacial score (nSPS) is 59.2. The van der Waals surface area contributed by atoms with Gasteiger partial charge in [-0.25, -0.2) is 0 Å². The first kappa shape index (κ1) is 21.1. The number of nitrogens with zero attached hydrogens (tertiary/aromatic N) is 1. The number of Topliss-reactive ketones (excluding diaryl/α,β-unsaturated/α-hetero) is 1. The number of aliphatic hydroxyl groups is 2. The minimum absolute atomic E-state index is 0.0789. The SMILES string of the molecule is C[C@H]1CCC2N(C1)C[C@H]1C3CC4[C@@H](CC(=O)C5C[C@@H](O)CC[C@@]54C)C3CCC1[C@@]2(C)O. The van der Waals surface area contributed by atoms with Gasteiger partial charge in [0.05, 0.1) is 11.7 Å². The molecule has 0 aromatic rings. The summed E-state index contributed by atoms with van der Waals surface area (Å²) < 4.78 is 0. The van der Waals surface area contributed by atoms with E-state index >= 15 is 0 Å². The van der Waals surface area contributed by atoms with E-state index in [9.17, 15) is 15.0 Å². The molecule has 2 N–H and O–H groups in total. The van der Waals surface area contributed by atoms with Crippen molar-refractivity contribution in [3.8, 4) is 0 Å². The molecule has 31 heavy (non-hydrogen) atoms. The van der Waals surface area contributed by atoms with E-state index < -0.39 is 5.60 Å². The van der Waals surface area contributed by atoms with E-state index in [2.05, 4.69) is 25.7 Å². The van der Waals surface area contributed by atoms with Gasteiger partial charge in [-0.2, -0.15) is 0 Å². The van der Waals surface area contributed by atoms with E-state index in [1.807, 2.05) is 0 Å². The average molecular weight is 430 g/mol. The molecule has 0 aromatic carbocycles. The van der Waals surface area contributed by atoms with E-state index in [0.29, 0.717) is 53.8 Å². The number of fused-ring (bicyclic) bond motifs is 8. The molecule has 0 aromatic heterocycles. The summed E-state index contributed by atoms with van der Waals surface area (Å²) in [5, 5.41) is 22.1. The molecule has 2 aliphatic heterocycles. The molecule has 174 valence electrons. The van der Waals surface area contributed by atoms with Crippen LogP contribution in [0.1, 0.15) is 78.6 Å². The Hall–Kier alpha value is -0.450. The lowest BCUT2D eigenvalue weighted by atomic mass is 9.51. The highest BCUT2D eigenvalue weighted by molar-refractivity contribution is 5.83. The highest BCUT2D eigenvalue weighted by Crippen LogP contribution is 2.66. The van der Waals surface area contributed by atoms with Crippen LogP contribution in [0.4, 0.5) is 0 Å². The van der Waals surface area contributed by atoms with Crippen LogP contribution in [0, 0.1) is 52.8 Å². The molecular formula is C27H43NO3. The van der Waals surface area contributed by atoms with Crippen molar-refractivity contribution in [1.82, 2.24) is 4.90 Å². The zero-order valence-electron chi connectivity index (χ0n) is 19.8. The number of rotatable bonds is 0. The fourth-order valence-electron chi connectivity index (χ4n) is 10.4. The van der Waals surface area contributed by atoms with Crippen LogP contribution in [0.25, 0.3) is 0 Å². The molecule has 2 heterocycles. The van der Waals surface area contributed by atoms with E-state index in [-0.39, 0.29) is 17.4 Å². The predicted molar refractivity (Wildman–Crippen MR) is 120 cm³/mol. The minimum atomic E-state index is -0.570. The van der Waals surface area contributed by atoms with Gasteiger partial charge >= 0.3 is 0 Å². The number of piperidine rings is 2. The monoisotopic (exact) mass is 429 g/mol. The Labute approximate surface area is 188 Å². The van der Waals surface area contributed by atoms with Crippen molar-refractivity contribution >= 4 is 5.78 Å². The Morgan fingerprint density at radius 2 is 1.71 bits per heavy atom. The Morgan fingerprint density at radius 3 is 2.52 bits per heavy atom. The third-order valence-electron chi connectivity index (χ3n) is 11.8. The topological polar surface area (TPSA) is 60.8 Å². The summed E-state index contributed by atoms with van der Waals surface area (Å²) in [5.41, 5.74) is -0.482. The van der Waals surface area contributed by atoms with Gasteiger partial charge in [-0.1, -0.05) is 13.8 Å². The van der Waals surface area contributed by atoms with Gasteiger partial charge in [-0.3, -0.25) is 9.69 Å². The van der Waals surface area contributed by atoms with Crippen molar-refractivity contribution in [2.45, 2.75) is 96.3 Å². The van der Waals surface area contributed by atoms with Crippen LogP contribution in [0.15, 0.2) is 0 Å². The van der Waals surface area contributed by atoms with E-state index in [0.717, 1.165) is 44.6 Å². The lowest BCUT2D eigenvalue weighted by molar-refractivity contribution is -0.175. The van der Waals surface area contributed by atoms with Gasteiger partial charge < -0.3 is 10.2 Å². The van der Waals surface area contributed by atoms with Gasteiger partial charge in [0.15, 0.2) is 0 Å². The number of aliphatic hydroxyl groups excluding tert-OH is 1. The summed E-state index contributed by atoms with van der Waals surface area (Å²) in [5.74, 6) is 4.82. The molecular weight excluding hydrogens is 386 g/mol. The van der Waals surface area contributed by atoms with E-state index in [4.69, 9.17) is 0 Å². The molecule has 4 aliphatic carbocycles.